The van der Waals surface area contributed by atoms with E-state index in [9.17, 15) is 9.59 Å². The molecule has 9 heteroatoms. The van der Waals surface area contributed by atoms with Crippen molar-refractivity contribution in [2.45, 2.75) is 18.8 Å². The van der Waals surface area contributed by atoms with E-state index in [1.807, 2.05) is 54.6 Å². The van der Waals surface area contributed by atoms with Gasteiger partial charge < -0.3 is 23.7 Å². The van der Waals surface area contributed by atoms with Crippen molar-refractivity contribution in [3.63, 3.8) is 0 Å². The van der Waals surface area contributed by atoms with E-state index in [1.165, 1.54) is 14.2 Å². The van der Waals surface area contributed by atoms with Crippen molar-refractivity contribution in [1.29, 1.82) is 0 Å². The topological polar surface area (TPSA) is 102 Å². The second-order valence-corrected chi connectivity index (χ2v) is 7.67. The first-order chi connectivity index (χ1) is 17.6. The van der Waals surface area contributed by atoms with Crippen molar-refractivity contribution in [3.8, 4) is 11.5 Å². The van der Waals surface area contributed by atoms with Crippen molar-refractivity contribution in [2.24, 2.45) is 0 Å². The minimum absolute atomic E-state index is 0.336. The molecule has 1 aliphatic rings. The molecular formula is C27H25NO8. The Bertz CT molecular complexity index is 1190. The van der Waals surface area contributed by atoms with Gasteiger partial charge in [-0.05, 0) is 35.4 Å². The van der Waals surface area contributed by atoms with Gasteiger partial charge in [-0.1, -0.05) is 54.6 Å². The molecule has 0 amide bonds. The summed E-state index contributed by atoms with van der Waals surface area (Å²) < 4.78 is 26.3. The van der Waals surface area contributed by atoms with Crippen molar-refractivity contribution < 1.29 is 38.1 Å². The SMILES string of the molecule is CONC(=COc1ccc(COc2ccc(C3OC(=O)OC3C(=O)OC)cc2)cc1)c1ccccc1. The van der Waals surface area contributed by atoms with Gasteiger partial charge in [-0.3, -0.25) is 10.3 Å². The smallest absolute Gasteiger partial charge is 0.489 e. The van der Waals surface area contributed by atoms with Crippen molar-refractivity contribution in [1.82, 2.24) is 5.48 Å². The minimum Gasteiger partial charge on any atom is -0.489 e. The summed E-state index contributed by atoms with van der Waals surface area (Å²) in [5.74, 6) is 0.586. The Balaban J connectivity index is 1.33. The first-order valence-electron chi connectivity index (χ1n) is 11.1. The van der Waals surface area contributed by atoms with E-state index in [4.69, 9.17) is 23.8 Å². The Kier molecular flexibility index (Phi) is 8.05. The molecule has 2 unspecified atom stereocenters. The van der Waals surface area contributed by atoms with Gasteiger partial charge in [-0.15, -0.1) is 0 Å². The molecule has 1 N–H and O–H groups in total. The molecule has 0 radical (unpaired) electrons. The summed E-state index contributed by atoms with van der Waals surface area (Å²) in [6.45, 7) is 0.336. The molecule has 0 aliphatic carbocycles. The third-order valence-corrected chi connectivity index (χ3v) is 5.30. The predicted molar refractivity (Wildman–Crippen MR) is 129 cm³/mol. The van der Waals surface area contributed by atoms with E-state index in [2.05, 4.69) is 10.2 Å². The summed E-state index contributed by atoms with van der Waals surface area (Å²) in [6.07, 6.45) is -1.34. The van der Waals surface area contributed by atoms with Crippen LogP contribution in [0.5, 0.6) is 11.5 Å². The third kappa shape index (κ3) is 6.13. The predicted octanol–water partition coefficient (Wildman–Crippen LogP) is 4.54. The Morgan fingerprint density at radius 1 is 0.917 bits per heavy atom. The molecule has 186 valence electrons. The molecule has 4 rings (SSSR count). The monoisotopic (exact) mass is 491 g/mol. The lowest BCUT2D eigenvalue weighted by atomic mass is 10.0. The van der Waals surface area contributed by atoms with Gasteiger partial charge in [0, 0.05) is 5.56 Å². The van der Waals surface area contributed by atoms with Gasteiger partial charge >= 0.3 is 12.1 Å². The molecule has 1 saturated heterocycles. The Morgan fingerprint density at radius 2 is 1.61 bits per heavy atom. The van der Waals surface area contributed by atoms with Gasteiger partial charge in [-0.2, -0.15) is 0 Å². The standard InChI is InChI=1S/C27H25NO8/c1-31-26(29)25-24(35-27(30)36-25)20-10-14-22(15-11-20)33-16-18-8-12-21(13-9-18)34-17-23(28-32-2)19-6-4-3-5-7-19/h3-15,17,24-25,28H,16H2,1-2H3. The van der Waals surface area contributed by atoms with E-state index in [-0.39, 0.29) is 0 Å². The fourth-order valence-electron chi connectivity index (χ4n) is 3.48. The molecule has 2 atom stereocenters. The van der Waals surface area contributed by atoms with Gasteiger partial charge in [0.1, 0.15) is 30.1 Å². The molecular weight excluding hydrogens is 466 g/mol. The minimum atomic E-state index is -1.14. The zero-order valence-electron chi connectivity index (χ0n) is 19.7. The van der Waals surface area contributed by atoms with E-state index < -0.39 is 24.3 Å². The van der Waals surface area contributed by atoms with Crippen molar-refractivity contribution in [2.75, 3.05) is 14.2 Å². The van der Waals surface area contributed by atoms with Gasteiger partial charge in [0.15, 0.2) is 6.10 Å². The molecule has 0 bridgehead atoms. The average Bonchev–Trinajstić information content (AvgIpc) is 3.32. The lowest BCUT2D eigenvalue weighted by Gasteiger charge is -2.14. The van der Waals surface area contributed by atoms with Gasteiger partial charge in [0.05, 0.1) is 14.2 Å². The van der Waals surface area contributed by atoms with Crippen LogP contribution in [0.15, 0.2) is 85.1 Å². The molecule has 1 heterocycles. The number of nitrogens with one attached hydrogen (secondary N) is 1. The second-order valence-electron chi connectivity index (χ2n) is 7.67. The summed E-state index contributed by atoms with van der Waals surface area (Å²) >= 11 is 0. The van der Waals surface area contributed by atoms with Crippen LogP contribution in [0, 0.1) is 0 Å². The molecule has 9 nitrogen and oxygen atoms in total. The quantitative estimate of drug-likeness (QED) is 0.249. The van der Waals surface area contributed by atoms with E-state index in [0.29, 0.717) is 29.4 Å². The normalized spacial score (nSPS) is 17.1. The maximum absolute atomic E-state index is 11.8. The Hall–Kier alpha value is -4.50. The zero-order chi connectivity index (χ0) is 25.3. The zero-order valence-corrected chi connectivity index (χ0v) is 19.7. The molecule has 0 spiro atoms. The number of ether oxygens (including phenoxy) is 5. The van der Waals surface area contributed by atoms with Crippen LogP contribution < -0.4 is 15.0 Å². The number of rotatable bonds is 10. The van der Waals surface area contributed by atoms with Crippen LogP contribution in [0.25, 0.3) is 5.70 Å². The summed E-state index contributed by atoms with van der Waals surface area (Å²) in [4.78, 5) is 28.4. The number of carbonyl (C=O) groups is 2. The average molecular weight is 491 g/mol. The fourth-order valence-corrected chi connectivity index (χ4v) is 3.48. The number of hydroxylamine groups is 1. The molecule has 0 saturated carbocycles. The first kappa shape index (κ1) is 24.6. The fraction of sp³-hybridized carbons (Fsp3) is 0.185. The van der Waals surface area contributed by atoms with Crippen LogP contribution in [0.3, 0.4) is 0 Å². The van der Waals surface area contributed by atoms with Gasteiger partial charge in [-0.25, -0.2) is 9.59 Å². The van der Waals surface area contributed by atoms with Crippen molar-refractivity contribution >= 4 is 17.8 Å². The largest absolute Gasteiger partial charge is 0.510 e. The maximum Gasteiger partial charge on any atom is 0.510 e. The van der Waals surface area contributed by atoms with Crippen LogP contribution in [-0.2, 0) is 30.4 Å². The number of esters is 1. The highest BCUT2D eigenvalue weighted by Gasteiger charge is 2.43. The number of benzene rings is 3. The number of methoxy groups -OCH3 is 1. The lowest BCUT2D eigenvalue weighted by molar-refractivity contribution is -0.150. The van der Waals surface area contributed by atoms with Crippen LogP contribution in [0.2, 0.25) is 0 Å². The van der Waals surface area contributed by atoms with E-state index >= 15 is 0 Å². The number of carbonyl (C=O) groups excluding carboxylic acids is 2. The molecule has 1 fully saturated rings. The van der Waals surface area contributed by atoms with Crippen molar-refractivity contribution in [3.05, 3.63) is 102 Å². The third-order valence-electron chi connectivity index (χ3n) is 5.30. The van der Waals surface area contributed by atoms with E-state index in [1.54, 1.807) is 30.5 Å². The van der Waals surface area contributed by atoms with Crippen LogP contribution >= 0.6 is 0 Å². The Labute approximate surface area is 208 Å². The van der Waals surface area contributed by atoms with Gasteiger partial charge in [0.25, 0.3) is 0 Å². The number of hydrogen-bond acceptors (Lipinski definition) is 9. The highest BCUT2D eigenvalue weighted by molar-refractivity contribution is 5.80. The lowest BCUT2D eigenvalue weighted by Crippen LogP contribution is -2.27. The molecule has 3 aromatic rings. The number of hydrogen-bond donors (Lipinski definition) is 1. The molecule has 36 heavy (non-hydrogen) atoms. The highest BCUT2D eigenvalue weighted by atomic mass is 16.8. The number of cyclic esters (lactones) is 2. The molecule has 3 aromatic carbocycles. The van der Waals surface area contributed by atoms with E-state index in [0.717, 1.165) is 11.1 Å². The van der Waals surface area contributed by atoms with Gasteiger partial charge in [0.2, 0.25) is 6.10 Å². The summed E-state index contributed by atoms with van der Waals surface area (Å²) in [6, 6.07) is 24.0. The molecule has 1 aliphatic heterocycles. The van der Waals surface area contributed by atoms with Crippen LogP contribution in [0.1, 0.15) is 22.8 Å². The Morgan fingerprint density at radius 3 is 2.28 bits per heavy atom. The highest BCUT2D eigenvalue weighted by Crippen LogP contribution is 2.32. The molecule has 0 aromatic heterocycles. The summed E-state index contributed by atoms with van der Waals surface area (Å²) in [7, 11) is 2.76. The van der Waals surface area contributed by atoms with Crippen LogP contribution in [0.4, 0.5) is 4.79 Å². The summed E-state index contributed by atoms with van der Waals surface area (Å²) in [5.41, 5.74) is 5.96. The first-order valence-corrected chi connectivity index (χ1v) is 11.1. The summed E-state index contributed by atoms with van der Waals surface area (Å²) in [5, 5.41) is 0. The second kappa shape index (κ2) is 11.8. The van der Waals surface area contributed by atoms with Crippen LogP contribution in [-0.4, -0.2) is 32.4 Å². The maximum atomic E-state index is 11.8.